The van der Waals surface area contributed by atoms with Gasteiger partial charge in [-0.3, -0.25) is 4.79 Å². The molecule has 134 valence electrons. The minimum absolute atomic E-state index is 0.0951. The highest BCUT2D eigenvalue weighted by Gasteiger charge is 2.32. The molecule has 0 aromatic heterocycles. The summed E-state index contributed by atoms with van der Waals surface area (Å²) in [6.07, 6.45) is 6.67. The molecule has 24 heavy (non-hydrogen) atoms. The Balaban J connectivity index is 2.01. The Morgan fingerprint density at radius 1 is 1.29 bits per heavy atom. The summed E-state index contributed by atoms with van der Waals surface area (Å²) in [5.74, 6) is 0.822. The molecule has 0 spiro atoms. The van der Waals surface area contributed by atoms with Gasteiger partial charge in [0, 0.05) is 12.3 Å². The fourth-order valence-electron chi connectivity index (χ4n) is 2.96. The van der Waals surface area contributed by atoms with Gasteiger partial charge in [0.25, 0.3) is 5.91 Å². The number of benzene rings is 1. The molecular formula is C20H31NO3. The Labute approximate surface area is 145 Å². The number of ether oxygens (including phenoxy) is 2. The molecule has 1 unspecified atom stereocenters. The zero-order chi connectivity index (χ0) is 17.6. The van der Waals surface area contributed by atoms with Crippen LogP contribution in [0.15, 0.2) is 18.2 Å². The first-order valence-electron chi connectivity index (χ1n) is 9.21. The Bertz CT molecular complexity index is 552. The minimum Gasteiger partial charge on any atom is -0.490 e. The van der Waals surface area contributed by atoms with Crippen LogP contribution in [0.25, 0.3) is 0 Å². The van der Waals surface area contributed by atoms with Crippen molar-refractivity contribution in [3.63, 3.8) is 0 Å². The lowest BCUT2D eigenvalue weighted by Crippen LogP contribution is -2.42. The SMILES string of the molecule is CCCOC(C)(CC)C(=O)Nc1ccc(OC2CCCC2)c(C)c1. The molecule has 2 rings (SSSR count). The fourth-order valence-corrected chi connectivity index (χ4v) is 2.96. The maximum atomic E-state index is 12.6. The topological polar surface area (TPSA) is 47.6 Å². The van der Waals surface area contributed by atoms with Gasteiger partial charge in [-0.15, -0.1) is 0 Å². The molecule has 1 aromatic rings. The summed E-state index contributed by atoms with van der Waals surface area (Å²) in [4.78, 5) is 12.6. The number of aryl methyl sites for hydroxylation is 1. The van der Waals surface area contributed by atoms with Crippen molar-refractivity contribution in [2.24, 2.45) is 0 Å². The van der Waals surface area contributed by atoms with Gasteiger partial charge in [0.15, 0.2) is 0 Å². The summed E-state index contributed by atoms with van der Waals surface area (Å²) in [7, 11) is 0. The van der Waals surface area contributed by atoms with E-state index < -0.39 is 5.60 Å². The van der Waals surface area contributed by atoms with E-state index in [0.717, 1.165) is 36.3 Å². The summed E-state index contributed by atoms with van der Waals surface area (Å²) >= 11 is 0. The van der Waals surface area contributed by atoms with Crippen molar-refractivity contribution in [1.29, 1.82) is 0 Å². The number of carbonyl (C=O) groups excluding carboxylic acids is 1. The lowest BCUT2D eigenvalue weighted by molar-refractivity contribution is -0.139. The van der Waals surface area contributed by atoms with Gasteiger partial charge < -0.3 is 14.8 Å². The molecule has 1 aromatic carbocycles. The zero-order valence-corrected chi connectivity index (χ0v) is 15.5. The standard InChI is InChI=1S/C20H31NO3/c1-5-13-23-20(4,6-2)19(22)21-16-11-12-18(15(3)14-16)24-17-9-7-8-10-17/h11-12,14,17H,5-10,13H2,1-4H3,(H,21,22). The predicted molar refractivity (Wildman–Crippen MR) is 97.6 cm³/mol. The molecule has 1 aliphatic rings. The van der Waals surface area contributed by atoms with E-state index in [2.05, 4.69) is 5.32 Å². The Morgan fingerprint density at radius 3 is 2.58 bits per heavy atom. The molecular weight excluding hydrogens is 302 g/mol. The number of amides is 1. The summed E-state index contributed by atoms with van der Waals surface area (Å²) in [6.45, 7) is 8.47. The Hall–Kier alpha value is -1.55. The monoisotopic (exact) mass is 333 g/mol. The third-order valence-corrected chi connectivity index (χ3v) is 4.81. The average molecular weight is 333 g/mol. The van der Waals surface area contributed by atoms with Gasteiger partial charge in [-0.2, -0.15) is 0 Å². The van der Waals surface area contributed by atoms with Gasteiger partial charge in [0.1, 0.15) is 11.4 Å². The van der Waals surface area contributed by atoms with Gasteiger partial charge in [-0.1, -0.05) is 13.8 Å². The molecule has 1 amide bonds. The van der Waals surface area contributed by atoms with E-state index in [1.165, 1.54) is 12.8 Å². The summed E-state index contributed by atoms with van der Waals surface area (Å²) < 4.78 is 11.8. The van der Waals surface area contributed by atoms with Crippen LogP contribution in [0.2, 0.25) is 0 Å². The van der Waals surface area contributed by atoms with Gasteiger partial charge in [0.05, 0.1) is 6.10 Å². The molecule has 1 atom stereocenters. The number of anilines is 1. The van der Waals surface area contributed by atoms with E-state index in [1.807, 2.05) is 45.9 Å². The highest BCUT2D eigenvalue weighted by molar-refractivity contribution is 5.97. The minimum atomic E-state index is -0.789. The average Bonchev–Trinajstić information content (AvgIpc) is 3.08. The molecule has 0 aliphatic heterocycles. The van der Waals surface area contributed by atoms with Crippen molar-refractivity contribution in [2.75, 3.05) is 11.9 Å². The molecule has 1 aliphatic carbocycles. The van der Waals surface area contributed by atoms with E-state index in [-0.39, 0.29) is 5.91 Å². The van der Waals surface area contributed by atoms with Gasteiger partial charge in [0.2, 0.25) is 0 Å². The van der Waals surface area contributed by atoms with Crippen LogP contribution in [-0.4, -0.2) is 24.2 Å². The normalized spacial score (nSPS) is 17.5. The number of hydrogen-bond acceptors (Lipinski definition) is 3. The van der Waals surface area contributed by atoms with Crippen LogP contribution in [0, 0.1) is 6.92 Å². The zero-order valence-electron chi connectivity index (χ0n) is 15.5. The van der Waals surface area contributed by atoms with Crippen LogP contribution in [0.1, 0.15) is 64.9 Å². The van der Waals surface area contributed by atoms with Crippen LogP contribution in [0.5, 0.6) is 5.75 Å². The van der Waals surface area contributed by atoms with Crippen molar-refractivity contribution >= 4 is 11.6 Å². The molecule has 0 saturated heterocycles. The fraction of sp³-hybridized carbons (Fsp3) is 0.650. The van der Waals surface area contributed by atoms with Crippen molar-refractivity contribution < 1.29 is 14.3 Å². The third-order valence-electron chi connectivity index (χ3n) is 4.81. The smallest absolute Gasteiger partial charge is 0.256 e. The lowest BCUT2D eigenvalue weighted by atomic mass is 10.0. The van der Waals surface area contributed by atoms with Gasteiger partial charge in [-0.05, 0) is 76.1 Å². The molecule has 1 saturated carbocycles. The highest BCUT2D eigenvalue weighted by Crippen LogP contribution is 2.28. The second kappa shape index (κ2) is 8.52. The first-order chi connectivity index (χ1) is 11.5. The number of carbonyl (C=O) groups is 1. The van der Waals surface area contributed by atoms with E-state index in [9.17, 15) is 4.79 Å². The highest BCUT2D eigenvalue weighted by atomic mass is 16.5. The lowest BCUT2D eigenvalue weighted by Gasteiger charge is -2.27. The van der Waals surface area contributed by atoms with Crippen LogP contribution < -0.4 is 10.1 Å². The molecule has 4 nitrogen and oxygen atoms in total. The van der Waals surface area contributed by atoms with Crippen LogP contribution in [0.3, 0.4) is 0 Å². The molecule has 0 radical (unpaired) electrons. The van der Waals surface area contributed by atoms with E-state index in [0.29, 0.717) is 19.1 Å². The van der Waals surface area contributed by atoms with Crippen molar-refractivity contribution in [2.45, 2.75) is 77.9 Å². The van der Waals surface area contributed by atoms with Crippen LogP contribution >= 0.6 is 0 Å². The van der Waals surface area contributed by atoms with E-state index in [1.54, 1.807) is 0 Å². The van der Waals surface area contributed by atoms with Crippen molar-refractivity contribution in [3.05, 3.63) is 23.8 Å². The second-order valence-electron chi connectivity index (χ2n) is 6.89. The predicted octanol–water partition coefficient (Wildman–Crippen LogP) is 4.85. The number of rotatable bonds is 8. The largest absolute Gasteiger partial charge is 0.490 e. The first-order valence-corrected chi connectivity index (χ1v) is 9.21. The first kappa shape index (κ1) is 18.8. The van der Waals surface area contributed by atoms with Crippen molar-refractivity contribution in [3.8, 4) is 5.75 Å². The van der Waals surface area contributed by atoms with Crippen LogP contribution in [0.4, 0.5) is 5.69 Å². The maximum absolute atomic E-state index is 12.6. The molecule has 0 bridgehead atoms. The van der Waals surface area contributed by atoms with Gasteiger partial charge >= 0.3 is 0 Å². The maximum Gasteiger partial charge on any atom is 0.256 e. The molecule has 1 fully saturated rings. The molecule has 0 heterocycles. The quantitative estimate of drug-likeness (QED) is 0.740. The molecule has 4 heteroatoms. The van der Waals surface area contributed by atoms with Gasteiger partial charge in [-0.25, -0.2) is 0 Å². The van der Waals surface area contributed by atoms with Crippen molar-refractivity contribution in [1.82, 2.24) is 0 Å². The summed E-state index contributed by atoms with van der Waals surface area (Å²) in [5.41, 5.74) is 1.05. The Morgan fingerprint density at radius 2 is 2.00 bits per heavy atom. The van der Waals surface area contributed by atoms with Crippen LogP contribution in [-0.2, 0) is 9.53 Å². The summed E-state index contributed by atoms with van der Waals surface area (Å²) in [5, 5.41) is 2.98. The van der Waals surface area contributed by atoms with E-state index in [4.69, 9.17) is 9.47 Å². The Kier molecular flexibility index (Phi) is 6.67. The second-order valence-corrected chi connectivity index (χ2v) is 6.89. The molecule has 1 N–H and O–H groups in total. The summed E-state index contributed by atoms with van der Waals surface area (Å²) in [6, 6.07) is 5.84. The number of nitrogens with one attached hydrogen (secondary N) is 1. The number of hydrogen-bond donors (Lipinski definition) is 1. The third kappa shape index (κ3) is 4.73. The van der Waals surface area contributed by atoms with E-state index >= 15 is 0 Å².